The summed E-state index contributed by atoms with van der Waals surface area (Å²) in [5.41, 5.74) is 1.16. The molecule has 0 heterocycles. The number of alkyl halides is 1. The quantitative estimate of drug-likeness (QED) is 0.826. The molecule has 0 fully saturated rings. The number of carbonyl (C=O) groups is 1. The first-order valence-corrected chi connectivity index (χ1v) is 6.97. The Labute approximate surface area is 112 Å². The molecule has 2 atom stereocenters. The van der Waals surface area contributed by atoms with Crippen LogP contribution in [0.25, 0.3) is 0 Å². The number of hydrogen-bond acceptors (Lipinski definition) is 1. The zero-order chi connectivity index (χ0) is 12.8. The van der Waals surface area contributed by atoms with E-state index < -0.39 is 0 Å². The minimum absolute atomic E-state index is 0.0655. The average Bonchev–Trinajstić information content (AvgIpc) is 2.35. The van der Waals surface area contributed by atoms with Gasteiger partial charge in [-0.3, -0.25) is 4.79 Å². The lowest BCUT2D eigenvalue weighted by Gasteiger charge is -2.21. The third kappa shape index (κ3) is 4.15. The highest BCUT2D eigenvalue weighted by Crippen LogP contribution is 2.18. The monoisotopic (exact) mass is 297 g/mol. The van der Waals surface area contributed by atoms with Gasteiger partial charge >= 0.3 is 0 Å². The Balaban J connectivity index is 2.68. The van der Waals surface area contributed by atoms with Gasteiger partial charge in [-0.25, -0.2) is 0 Å². The highest BCUT2D eigenvalue weighted by atomic mass is 79.9. The van der Waals surface area contributed by atoms with Crippen LogP contribution in [-0.2, 0) is 4.79 Å². The Morgan fingerprint density at radius 2 is 1.88 bits per heavy atom. The van der Waals surface area contributed by atoms with Crippen LogP contribution in [0.15, 0.2) is 30.3 Å². The van der Waals surface area contributed by atoms with Crippen LogP contribution in [-0.4, -0.2) is 10.7 Å². The number of benzene rings is 1. The molecule has 0 saturated carbocycles. The number of rotatable bonds is 5. The van der Waals surface area contributed by atoms with Gasteiger partial charge in [0.15, 0.2) is 0 Å². The van der Waals surface area contributed by atoms with Crippen molar-refractivity contribution in [2.45, 2.75) is 38.1 Å². The summed E-state index contributed by atoms with van der Waals surface area (Å²) in [5.74, 6) is 0.360. The molecule has 17 heavy (non-hydrogen) atoms. The lowest BCUT2D eigenvalue weighted by molar-refractivity contribution is -0.121. The largest absolute Gasteiger partial charge is 0.348 e. The van der Waals surface area contributed by atoms with Gasteiger partial charge < -0.3 is 5.32 Å². The highest BCUT2D eigenvalue weighted by Gasteiger charge is 2.21. The van der Waals surface area contributed by atoms with Gasteiger partial charge in [0, 0.05) is 0 Å². The predicted molar refractivity (Wildman–Crippen MR) is 75.2 cm³/mol. The van der Waals surface area contributed by atoms with E-state index in [1.165, 1.54) is 0 Å². The molecule has 1 rings (SSSR count). The molecule has 0 aliphatic heterocycles. The molecule has 1 aromatic rings. The molecular weight excluding hydrogens is 278 g/mol. The lowest BCUT2D eigenvalue weighted by atomic mass is 10.0. The highest BCUT2D eigenvalue weighted by molar-refractivity contribution is 9.10. The third-order valence-electron chi connectivity index (χ3n) is 2.76. The molecule has 94 valence electrons. The van der Waals surface area contributed by atoms with Crippen molar-refractivity contribution in [2.24, 2.45) is 5.92 Å². The summed E-state index contributed by atoms with van der Waals surface area (Å²) >= 11 is 3.43. The summed E-state index contributed by atoms with van der Waals surface area (Å²) in [6.07, 6.45) is 0.896. The van der Waals surface area contributed by atoms with E-state index >= 15 is 0 Å². The molecule has 0 radical (unpaired) electrons. The van der Waals surface area contributed by atoms with Crippen LogP contribution in [0.2, 0.25) is 0 Å². The molecule has 1 aromatic carbocycles. The van der Waals surface area contributed by atoms with Crippen molar-refractivity contribution in [3.8, 4) is 0 Å². The van der Waals surface area contributed by atoms with Crippen LogP contribution in [0.3, 0.4) is 0 Å². The Bertz CT molecular complexity index is 350. The van der Waals surface area contributed by atoms with Gasteiger partial charge in [0.05, 0.1) is 10.9 Å². The van der Waals surface area contributed by atoms with E-state index in [1.807, 2.05) is 44.2 Å². The Hall–Kier alpha value is -0.830. The van der Waals surface area contributed by atoms with Crippen LogP contribution in [0.1, 0.15) is 38.8 Å². The van der Waals surface area contributed by atoms with Gasteiger partial charge in [0.2, 0.25) is 5.91 Å². The van der Waals surface area contributed by atoms with E-state index in [0.717, 1.165) is 12.0 Å². The second kappa shape index (κ2) is 6.80. The number of halogens is 1. The Kier molecular flexibility index (Phi) is 5.69. The third-order valence-corrected chi connectivity index (χ3v) is 4.24. The summed E-state index contributed by atoms with van der Waals surface area (Å²) in [7, 11) is 0. The maximum atomic E-state index is 12.0. The molecule has 0 aromatic heterocycles. The zero-order valence-corrected chi connectivity index (χ0v) is 12.2. The fourth-order valence-electron chi connectivity index (χ4n) is 1.66. The number of nitrogens with one attached hydrogen (secondary N) is 1. The van der Waals surface area contributed by atoms with Crippen LogP contribution < -0.4 is 5.32 Å². The van der Waals surface area contributed by atoms with E-state index in [4.69, 9.17) is 0 Å². The smallest absolute Gasteiger partial charge is 0.234 e. The van der Waals surface area contributed by atoms with E-state index in [2.05, 4.69) is 28.2 Å². The van der Waals surface area contributed by atoms with Gasteiger partial charge in [0.1, 0.15) is 0 Å². The van der Waals surface area contributed by atoms with Crippen LogP contribution in [0, 0.1) is 5.92 Å². The number of hydrogen-bond donors (Lipinski definition) is 1. The maximum absolute atomic E-state index is 12.0. The van der Waals surface area contributed by atoms with Crippen LogP contribution in [0.4, 0.5) is 0 Å². The SMILES string of the molecule is CCC(NC(=O)C(Br)C(C)C)c1ccccc1. The molecule has 0 spiro atoms. The number of amides is 1. The first-order chi connectivity index (χ1) is 8.06. The summed E-state index contributed by atoms with van der Waals surface area (Å²) in [5, 5.41) is 3.08. The molecular formula is C14H20BrNO. The molecule has 1 N–H and O–H groups in total. The average molecular weight is 298 g/mol. The Morgan fingerprint density at radius 1 is 1.29 bits per heavy atom. The summed E-state index contributed by atoms with van der Waals surface area (Å²) in [6, 6.07) is 10.2. The zero-order valence-electron chi connectivity index (χ0n) is 10.6. The van der Waals surface area contributed by atoms with E-state index in [1.54, 1.807) is 0 Å². The van der Waals surface area contributed by atoms with Crippen molar-refractivity contribution in [1.29, 1.82) is 0 Å². The van der Waals surface area contributed by atoms with E-state index in [9.17, 15) is 4.79 Å². The first-order valence-electron chi connectivity index (χ1n) is 6.05. The Morgan fingerprint density at radius 3 is 2.35 bits per heavy atom. The summed E-state index contributed by atoms with van der Waals surface area (Å²) in [6.45, 7) is 6.14. The molecule has 2 unspecified atom stereocenters. The standard InChI is InChI=1S/C14H20BrNO/c1-4-12(11-8-6-5-7-9-11)16-14(17)13(15)10(2)3/h5-10,12-13H,4H2,1-3H3,(H,16,17). The number of carbonyl (C=O) groups excluding carboxylic acids is 1. The normalized spacial score (nSPS) is 14.4. The van der Waals surface area contributed by atoms with Crippen molar-refractivity contribution in [2.75, 3.05) is 0 Å². The summed E-state index contributed by atoms with van der Waals surface area (Å²) in [4.78, 5) is 11.8. The molecule has 1 amide bonds. The van der Waals surface area contributed by atoms with Crippen molar-refractivity contribution >= 4 is 21.8 Å². The molecule has 2 nitrogen and oxygen atoms in total. The maximum Gasteiger partial charge on any atom is 0.234 e. The first kappa shape index (κ1) is 14.2. The van der Waals surface area contributed by atoms with Crippen molar-refractivity contribution in [3.05, 3.63) is 35.9 Å². The molecule has 0 aliphatic carbocycles. The van der Waals surface area contributed by atoms with Gasteiger partial charge in [-0.15, -0.1) is 0 Å². The van der Waals surface area contributed by atoms with Crippen LogP contribution >= 0.6 is 15.9 Å². The summed E-state index contributed by atoms with van der Waals surface area (Å²) < 4.78 is 0. The fourth-order valence-corrected chi connectivity index (χ4v) is 1.79. The van der Waals surface area contributed by atoms with Crippen LogP contribution in [0.5, 0.6) is 0 Å². The predicted octanol–water partition coefficient (Wildman–Crippen LogP) is 3.67. The van der Waals surface area contributed by atoms with Crippen molar-refractivity contribution < 1.29 is 4.79 Å². The molecule has 0 bridgehead atoms. The second-order valence-electron chi connectivity index (χ2n) is 4.53. The van der Waals surface area contributed by atoms with Crippen molar-refractivity contribution in [1.82, 2.24) is 5.32 Å². The van der Waals surface area contributed by atoms with Gasteiger partial charge in [-0.05, 0) is 17.9 Å². The minimum atomic E-state index is -0.125. The molecule has 0 saturated heterocycles. The van der Waals surface area contributed by atoms with E-state index in [-0.39, 0.29) is 16.8 Å². The molecule has 3 heteroatoms. The van der Waals surface area contributed by atoms with Gasteiger partial charge in [-0.2, -0.15) is 0 Å². The fraction of sp³-hybridized carbons (Fsp3) is 0.500. The lowest BCUT2D eigenvalue weighted by Crippen LogP contribution is -2.36. The van der Waals surface area contributed by atoms with Crippen molar-refractivity contribution in [3.63, 3.8) is 0 Å². The van der Waals surface area contributed by atoms with Gasteiger partial charge in [0.25, 0.3) is 0 Å². The van der Waals surface area contributed by atoms with Gasteiger partial charge in [-0.1, -0.05) is 67.0 Å². The topological polar surface area (TPSA) is 29.1 Å². The second-order valence-corrected chi connectivity index (χ2v) is 5.51. The van der Waals surface area contributed by atoms with E-state index in [0.29, 0.717) is 5.92 Å². The molecule has 0 aliphatic rings. The minimum Gasteiger partial charge on any atom is -0.348 e.